The lowest BCUT2D eigenvalue weighted by molar-refractivity contribution is 0.0512. The van der Waals surface area contributed by atoms with Gasteiger partial charge in [-0.05, 0) is 25.1 Å². The lowest BCUT2D eigenvalue weighted by atomic mass is 10.1. The molecule has 0 atom stereocenters. The highest BCUT2D eigenvalue weighted by atomic mass is 35.5. The van der Waals surface area contributed by atoms with Crippen LogP contribution in [0.3, 0.4) is 0 Å². The summed E-state index contributed by atoms with van der Waals surface area (Å²) in [5.74, 6) is 0.296. The average Bonchev–Trinajstić information content (AvgIpc) is 2.92. The van der Waals surface area contributed by atoms with Gasteiger partial charge in [-0.15, -0.1) is 12.4 Å². The Bertz CT molecular complexity index is 628. The molecule has 2 N–H and O–H groups in total. The van der Waals surface area contributed by atoms with Gasteiger partial charge in [-0.1, -0.05) is 12.1 Å². The Hall–Kier alpha value is -2.05. The Balaban J connectivity index is 0.00000242. The quantitative estimate of drug-likeness (QED) is 0.823. The molecule has 2 rings (SSSR count). The van der Waals surface area contributed by atoms with Crippen LogP contribution >= 0.6 is 12.4 Å². The molecule has 0 saturated carbocycles. The molecule has 0 amide bonds. The number of esters is 1. The molecule has 120 valence electrons. The van der Waals surface area contributed by atoms with E-state index in [0.29, 0.717) is 36.8 Å². The van der Waals surface area contributed by atoms with E-state index in [0.717, 1.165) is 5.56 Å². The standard InChI is InChI=1S/C15H19N3O3.ClH/c1-3-21-15(19)13-10-12(17-18(13)9-8-16)11-6-4-5-7-14(11)20-2;/h4-7,10H,3,8-9,16H2,1-2H3;1H. The van der Waals surface area contributed by atoms with Crippen LogP contribution in [-0.4, -0.2) is 36.0 Å². The predicted octanol–water partition coefficient (Wildman–Crippen LogP) is 2.12. The summed E-state index contributed by atoms with van der Waals surface area (Å²) >= 11 is 0. The van der Waals surface area contributed by atoms with Crippen LogP contribution < -0.4 is 10.5 Å². The second kappa shape index (κ2) is 8.41. The van der Waals surface area contributed by atoms with E-state index in [-0.39, 0.29) is 12.4 Å². The van der Waals surface area contributed by atoms with E-state index in [4.69, 9.17) is 15.2 Å². The molecule has 0 bridgehead atoms. The van der Waals surface area contributed by atoms with E-state index >= 15 is 0 Å². The first-order valence-electron chi connectivity index (χ1n) is 6.79. The Labute approximate surface area is 135 Å². The van der Waals surface area contributed by atoms with Crippen molar-refractivity contribution in [2.45, 2.75) is 13.5 Å². The number of hydrogen-bond acceptors (Lipinski definition) is 5. The molecule has 0 aliphatic rings. The van der Waals surface area contributed by atoms with Crippen LogP contribution in [0.25, 0.3) is 11.3 Å². The summed E-state index contributed by atoms with van der Waals surface area (Å²) < 4.78 is 11.9. The molecule has 1 aromatic heterocycles. The maximum Gasteiger partial charge on any atom is 0.356 e. The molecule has 0 unspecified atom stereocenters. The number of ether oxygens (including phenoxy) is 2. The average molecular weight is 326 g/mol. The number of para-hydroxylation sites is 1. The van der Waals surface area contributed by atoms with Crippen LogP contribution in [0.5, 0.6) is 5.75 Å². The molecule has 6 nitrogen and oxygen atoms in total. The number of aromatic nitrogens is 2. The molecule has 0 radical (unpaired) electrons. The molecule has 7 heteroatoms. The van der Waals surface area contributed by atoms with Crippen molar-refractivity contribution in [3.05, 3.63) is 36.0 Å². The van der Waals surface area contributed by atoms with E-state index < -0.39 is 5.97 Å². The number of nitrogens with zero attached hydrogens (tertiary/aromatic N) is 2. The van der Waals surface area contributed by atoms with Gasteiger partial charge in [0.15, 0.2) is 0 Å². The first kappa shape index (κ1) is 18.0. The molecule has 22 heavy (non-hydrogen) atoms. The van der Waals surface area contributed by atoms with Gasteiger partial charge < -0.3 is 15.2 Å². The zero-order valence-electron chi connectivity index (χ0n) is 12.6. The van der Waals surface area contributed by atoms with E-state index in [1.54, 1.807) is 24.8 Å². The molecule has 0 fully saturated rings. The Morgan fingerprint density at radius 2 is 2.09 bits per heavy atom. The van der Waals surface area contributed by atoms with Crippen LogP contribution in [0.15, 0.2) is 30.3 Å². The van der Waals surface area contributed by atoms with Crippen molar-refractivity contribution in [1.82, 2.24) is 9.78 Å². The van der Waals surface area contributed by atoms with Crippen molar-refractivity contribution in [3.8, 4) is 17.0 Å². The second-order valence-electron chi connectivity index (χ2n) is 4.35. The zero-order valence-corrected chi connectivity index (χ0v) is 13.4. The molecule has 1 aromatic carbocycles. The van der Waals surface area contributed by atoms with Crippen molar-refractivity contribution in [1.29, 1.82) is 0 Å². The summed E-state index contributed by atoms with van der Waals surface area (Å²) in [5.41, 5.74) is 7.44. The molecular formula is C15H20ClN3O3. The molecule has 0 aliphatic heterocycles. The van der Waals surface area contributed by atoms with Gasteiger partial charge in [0, 0.05) is 12.1 Å². The first-order valence-corrected chi connectivity index (χ1v) is 6.79. The van der Waals surface area contributed by atoms with Gasteiger partial charge in [-0.3, -0.25) is 4.68 Å². The van der Waals surface area contributed by atoms with Crippen LogP contribution in [0.2, 0.25) is 0 Å². The third kappa shape index (κ3) is 3.78. The Kier molecular flexibility index (Phi) is 6.88. The highest BCUT2D eigenvalue weighted by molar-refractivity contribution is 5.89. The fraction of sp³-hybridized carbons (Fsp3) is 0.333. The van der Waals surface area contributed by atoms with Crippen molar-refractivity contribution in [2.75, 3.05) is 20.3 Å². The third-order valence-electron chi connectivity index (χ3n) is 2.99. The SMILES string of the molecule is CCOC(=O)c1cc(-c2ccccc2OC)nn1CCN.Cl. The van der Waals surface area contributed by atoms with Gasteiger partial charge in [0.05, 0.1) is 26.0 Å². The smallest absolute Gasteiger partial charge is 0.356 e. The number of methoxy groups -OCH3 is 1. The third-order valence-corrected chi connectivity index (χ3v) is 2.99. The highest BCUT2D eigenvalue weighted by Crippen LogP contribution is 2.29. The maximum atomic E-state index is 12.0. The van der Waals surface area contributed by atoms with Gasteiger partial charge in [-0.25, -0.2) is 4.79 Å². The van der Waals surface area contributed by atoms with Crippen LogP contribution in [0.4, 0.5) is 0 Å². The summed E-state index contributed by atoms with van der Waals surface area (Å²) in [6.45, 7) is 2.92. The number of hydrogen-bond donors (Lipinski definition) is 1. The molecule has 2 aromatic rings. The molecule has 0 aliphatic carbocycles. The molecular weight excluding hydrogens is 306 g/mol. The number of benzene rings is 1. The minimum absolute atomic E-state index is 0. The van der Waals surface area contributed by atoms with Crippen molar-refractivity contribution in [2.24, 2.45) is 5.73 Å². The van der Waals surface area contributed by atoms with Crippen molar-refractivity contribution in [3.63, 3.8) is 0 Å². The number of halogens is 1. The molecule has 0 saturated heterocycles. The van der Waals surface area contributed by atoms with Gasteiger partial charge in [0.1, 0.15) is 11.4 Å². The largest absolute Gasteiger partial charge is 0.496 e. The summed E-state index contributed by atoms with van der Waals surface area (Å²) in [4.78, 5) is 12.0. The van der Waals surface area contributed by atoms with Crippen LogP contribution in [0.1, 0.15) is 17.4 Å². The molecule has 0 spiro atoms. The summed E-state index contributed by atoms with van der Waals surface area (Å²) in [7, 11) is 1.60. The normalized spacial score (nSPS) is 9.95. The van der Waals surface area contributed by atoms with E-state index in [2.05, 4.69) is 5.10 Å². The summed E-state index contributed by atoms with van der Waals surface area (Å²) in [5, 5.41) is 4.44. The minimum Gasteiger partial charge on any atom is -0.496 e. The lowest BCUT2D eigenvalue weighted by Gasteiger charge is -2.05. The summed E-state index contributed by atoms with van der Waals surface area (Å²) in [6, 6.07) is 9.21. The van der Waals surface area contributed by atoms with Crippen molar-refractivity contribution < 1.29 is 14.3 Å². The highest BCUT2D eigenvalue weighted by Gasteiger charge is 2.18. The topological polar surface area (TPSA) is 79.4 Å². The maximum absolute atomic E-state index is 12.0. The van der Waals surface area contributed by atoms with Crippen LogP contribution in [0, 0.1) is 0 Å². The fourth-order valence-corrected chi connectivity index (χ4v) is 2.07. The predicted molar refractivity (Wildman–Crippen MR) is 86.5 cm³/mol. The number of carbonyl (C=O) groups excluding carboxylic acids is 1. The van der Waals surface area contributed by atoms with Crippen molar-refractivity contribution >= 4 is 18.4 Å². The van der Waals surface area contributed by atoms with Gasteiger partial charge >= 0.3 is 5.97 Å². The monoisotopic (exact) mass is 325 g/mol. The van der Waals surface area contributed by atoms with E-state index in [1.807, 2.05) is 24.3 Å². The zero-order chi connectivity index (χ0) is 15.2. The number of nitrogens with two attached hydrogens (primary N) is 1. The van der Waals surface area contributed by atoms with E-state index in [1.165, 1.54) is 0 Å². The number of carbonyl (C=O) groups is 1. The van der Waals surface area contributed by atoms with Gasteiger partial charge in [0.25, 0.3) is 0 Å². The van der Waals surface area contributed by atoms with E-state index in [9.17, 15) is 4.79 Å². The van der Waals surface area contributed by atoms with Crippen LogP contribution in [-0.2, 0) is 11.3 Å². The second-order valence-corrected chi connectivity index (χ2v) is 4.35. The Morgan fingerprint density at radius 3 is 2.73 bits per heavy atom. The molecule has 1 heterocycles. The van der Waals surface area contributed by atoms with Gasteiger partial charge in [0.2, 0.25) is 0 Å². The summed E-state index contributed by atoms with van der Waals surface area (Å²) in [6.07, 6.45) is 0. The fourth-order valence-electron chi connectivity index (χ4n) is 2.07. The lowest BCUT2D eigenvalue weighted by Crippen LogP contribution is -2.17. The van der Waals surface area contributed by atoms with Gasteiger partial charge in [-0.2, -0.15) is 5.10 Å². The minimum atomic E-state index is -0.403. The number of rotatable bonds is 6. The first-order chi connectivity index (χ1) is 10.2. The Morgan fingerprint density at radius 1 is 1.36 bits per heavy atom.